The highest BCUT2D eigenvalue weighted by atomic mass is 19.1. The summed E-state index contributed by atoms with van der Waals surface area (Å²) < 4.78 is 13.1. The highest BCUT2D eigenvalue weighted by molar-refractivity contribution is 5.87. The number of rotatable bonds is 5. The summed E-state index contributed by atoms with van der Waals surface area (Å²) in [5, 5.41) is 0. The van der Waals surface area contributed by atoms with Crippen molar-refractivity contribution < 1.29 is 14.0 Å². The monoisotopic (exact) mass is 366 g/mol. The second-order valence-electron chi connectivity index (χ2n) is 7.74. The average Bonchev–Trinajstić information content (AvgIpc) is 3.21. The molecular weight excluding hydrogens is 343 g/mol. The minimum Gasteiger partial charge on any atom is -0.369 e. The van der Waals surface area contributed by atoms with Crippen LogP contribution in [0.2, 0.25) is 0 Å². The number of nitrogens with two attached hydrogens (primary N) is 1. The molecule has 0 unspecified atom stereocenters. The van der Waals surface area contributed by atoms with Gasteiger partial charge in [-0.05, 0) is 48.9 Å². The molecule has 2 bridgehead atoms. The van der Waals surface area contributed by atoms with Gasteiger partial charge in [0.1, 0.15) is 5.82 Å². The molecule has 0 spiro atoms. The lowest BCUT2D eigenvalue weighted by atomic mass is 9.69. The van der Waals surface area contributed by atoms with Gasteiger partial charge in [0.2, 0.25) is 11.8 Å². The molecular formula is C22H23FN2O2. The van der Waals surface area contributed by atoms with Crippen molar-refractivity contribution in [2.24, 2.45) is 11.1 Å². The van der Waals surface area contributed by atoms with Crippen LogP contribution in [0, 0.1) is 11.2 Å². The molecule has 2 amide bonds. The molecule has 2 heterocycles. The largest absolute Gasteiger partial charge is 0.369 e. The standard InChI is InChI=1S/C22H23FN2O2/c23-17-8-6-15(7-9-17)12-20(26)25-18-10-11-19(25)22(14-18,21(24)27)13-16-4-2-1-3-5-16/h1-9,18-19H,10-14H2,(H2,24,27)/t18-,19+,22+/m0/s1. The van der Waals surface area contributed by atoms with Crippen LogP contribution in [0.25, 0.3) is 0 Å². The molecule has 0 radical (unpaired) electrons. The summed E-state index contributed by atoms with van der Waals surface area (Å²) in [4.78, 5) is 27.4. The van der Waals surface area contributed by atoms with Gasteiger partial charge < -0.3 is 10.6 Å². The van der Waals surface area contributed by atoms with Crippen molar-refractivity contribution in [1.82, 2.24) is 4.90 Å². The fourth-order valence-corrected chi connectivity index (χ4v) is 4.93. The maximum atomic E-state index is 13.1. The molecule has 2 fully saturated rings. The first-order chi connectivity index (χ1) is 13.0. The van der Waals surface area contributed by atoms with Crippen LogP contribution in [0.4, 0.5) is 4.39 Å². The number of benzene rings is 2. The number of carbonyl (C=O) groups excluding carboxylic acids is 2. The number of nitrogens with zero attached hydrogens (tertiary/aromatic N) is 1. The summed E-state index contributed by atoms with van der Waals surface area (Å²) >= 11 is 0. The van der Waals surface area contributed by atoms with Crippen LogP contribution in [-0.2, 0) is 22.4 Å². The van der Waals surface area contributed by atoms with Gasteiger partial charge in [-0.15, -0.1) is 0 Å². The molecule has 4 rings (SSSR count). The zero-order valence-corrected chi connectivity index (χ0v) is 15.1. The Hall–Kier alpha value is -2.69. The first kappa shape index (κ1) is 17.7. The highest BCUT2D eigenvalue weighted by Gasteiger charge is 2.60. The smallest absolute Gasteiger partial charge is 0.227 e. The van der Waals surface area contributed by atoms with Crippen molar-refractivity contribution in [3.8, 4) is 0 Å². The van der Waals surface area contributed by atoms with Gasteiger partial charge in [-0.1, -0.05) is 42.5 Å². The number of primary amides is 1. The molecule has 2 N–H and O–H groups in total. The lowest BCUT2D eigenvalue weighted by Crippen LogP contribution is -2.49. The van der Waals surface area contributed by atoms with Gasteiger partial charge in [-0.3, -0.25) is 9.59 Å². The van der Waals surface area contributed by atoms with E-state index in [1.807, 2.05) is 35.2 Å². The molecule has 2 saturated heterocycles. The van der Waals surface area contributed by atoms with Crippen LogP contribution < -0.4 is 5.73 Å². The van der Waals surface area contributed by atoms with Crippen molar-refractivity contribution in [2.45, 2.75) is 44.2 Å². The van der Waals surface area contributed by atoms with E-state index in [0.717, 1.165) is 24.0 Å². The number of fused-ring (bicyclic) bond motifs is 2. The fraction of sp³-hybridized carbons (Fsp3) is 0.364. The van der Waals surface area contributed by atoms with Gasteiger partial charge in [0.15, 0.2) is 0 Å². The van der Waals surface area contributed by atoms with Crippen LogP contribution >= 0.6 is 0 Å². The second kappa shape index (κ2) is 6.80. The Morgan fingerprint density at radius 3 is 2.41 bits per heavy atom. The van der Waals surface area contributed by atoms with Crippen LogP contribution in [0.15, 0.2) is 54.6 Å². The first-order valence-electron chi connectivity index (χ1n) is 9.39. The summed E-state index contributed by atoms with van der Waals surface area (Å²) in [7, 11) is 0. The van der Waals surface area contributed by atoms with Gasteiger partial charge in [-0.25, -0.2) is 4.39 Å². The summed E-state index contributed by atoms with van der Waals surface area (Å²) in [5.41, 5.74) is 7.02. The number of carbonyl (C=O) groups is 2. The van der Waals surface area contributed by atoms with Crippen LogP contribution in [0.3, 0.4) is 0 Å². The van der Waals surface area contributed by atoms with Crippen molar-refractivity contribution in [3.63, 3.8) is 0 Å². The third-order valence-electron chi connectivity index (χ3n) is 6.15. The summed E-state index contributed by atoms with van der Waals surface area (Å²) in [5.74, 6) is -0.647. The van der Waals surface area contributed by atoms with Gasteiger partial charge in [0.05, 0.1) is 11.8 Å². The Balaban J connectivity index is 1.58. The van der Waals surface area contributed by atoms with E-state index in [1.54, 1.807) is 12.1 Å². The maximum Gasteiger partial charge on any atom is 0.227 e. The average molecular weight is 366 g/mol. The zero-order chi connectivity index (χ0) is 19.0. The van der Waals surface area contributed by atoms with Gasteiger partial charge in [-0.2, -0.15) is 0 Å². The minimum atomic E-state index is -0.706. The highest BCUT2D eigenvalue weighted by Crippen LogP contribution is 2.51. The Bertz CT molecular complexity index is 852. The lowest BCUT2D eigenvalue weighted by molar-refractivity contribution is -0.134. The third-order valence-corrected chi connectivity index (χ3v) is 6.15. The lowest BCUT2D eigenvalue weighted by Gasteiger charge is -2.34. The zero-order valence-electron chi connectivity index (χ0n) is 15.1. The molecule has 2 aliphatic rings. The SMILES string of the molecule is NC(=O)[C@]1(Cc2ccccc2)C[C@@H]2CC[C@H]1N2C(=O)Cc1ccc(F)cc1. The van der Waals surface area contributed by atoms with Gasteiger partial charge >= 0.3 is 0 Å². The molecule has 3 atom stereocenters. The minimum absolute atomic E-state index is 0.00899. The van der Waals surface area contributed by atoms with Gasteiger partial charge in [0.25, 0.3) is 0 Å². The quantitative estimate of drug-likeness (QED) is 0.884. The van der Waals surface area contributed by atoms with Crippen LogP contribution in [0.5, 0.6) is 0 Å². The molecule has 4 nitrogen and oxygen atoms in total. The number of hydrogen-bond acceptors (Lipinski definition) is 2. The number of amides is 2. The summed E-state index contributed by atoms with van der Waals surface area (Å²) in [6, 6.07) is 15.8. The molecule has 2 aliphatic heterocycles. The van der Waals surface area contributed by atoms with Crippen molar-refractivity contribution in [2.75, 3.05) is 0 Å². The molecule has 2 aromatic rings. The molecule has 27 heavy (non-hydrogen) atoms. The predicted octanol–water partition coefficient (Wildman–Crippen LogP) is 2.85. The summed E-state index contributed by atoms with van der Waals surface area (Å²) in [6.45, 7) is 0. The Morgan fingerprint density at radius 1 is 1.04 bits per heavy atom. The van der Waals surface area contributed by atoms with Crippen LogP contribution in [-0.4, -0.2) is 28.8 Å². The van der Waals surface area contributed by atoms with E-state index in [9.17, 15) is 14.0 Å². The predicted molar refractivity (Wildman–Crippen MR) is 100 cm³/mol. The van der Waals surface area contributed by atoms with E-state index in [-0.39, 0.29) is 36.1 Å². The molecule has 0 aromatic heterocycles. The van der Waals surface area contributed by atoms with E-state index < -0.39 is 5.41 Å². The Morgan fingerprint density at radius 2 is 1.74 bits per heavy atom. The van der Waals surface area contributed by atoms with Crippen LogP contribution in [0.1, 0.15) is 30.4 Å². The molecule has 0 aliphatic carbocycles. The normalized spacial score (nSPS) is 26.3. The van der Waals surface area contributed by atoms with E-state index in [0.29, 0.717) is 12.8 Å². The fourth-order valence-electron chi connectivity index (χ4n) is 4.93. The Labute approximate surface area is 158 Å². The van der Waals surface area contributed by atoms with E-state index in [2.05, 4.69) is 0 Å². The first-order valence-corrected chi connectivity index (χ1v) is 9.39. The van der Waals surface area contributed by atoms with E-state index >= 15 is 0 Å². The molecule has 0 saturated carbocycles. The second-order valence-corrected chi connectivity index (χ2v) is 7.74. The van der Waals surface area contributed by atoms with Crippen molar-refractivity contribution in [1.29, 1.82) is 0 Å². The summed E-state index contributed by atoms with van der Waals surface area (Å²) in [6.07, 6.45) is 3.11. The maximum absolute atomic E-state index is 13.1. The third kappa shape index (κ3) is 3.11. The topological polar surface area (TPSA) is 63.4 Å². The number of hydrogen-bond donors (Lipinski definition) is 1. The molecule has 140 valence electrons. The Kier molecular flexibility index (Phi) is 4.46. The molecule has 2 aromatic carbocycles. The van der Waals surface area contributed by atoms with E-state index in [1.165, 1.54) is 12.1 Å². The van der Waals surface area contributed by atoms with E-state index in [4.69, 9.17) is 5.73 Å². The van der Waals surface area contributed by atoms with Crippen molar-refractivity contribution in [3.05, 3.63) is 71.5 Å². The molecule has 5 heteroatoms. The van der Waals surface area contributed by atoms with Crippen molar-refractivity contribution >= 4 is 11.8 Å². The van der Waals surface area contributed by atoms with Gasteiger partial charge in [0, 0.05) is 12.1 Å². The number of halogens is 1.